The molecule has 0 saturated carbocycles. The van der Waals surface area contributed by atoms with Crippen LogP contribution >= 0.6 is 11.3 Å². The van der Waals surface area contributed by atoms with Crippen LogP contribution in [-0.2, 0) is 5.41 Å². The van der Waals surface area contributed by atoms with Crippen molar-refractivity contribution in [2.45, 2.75) is 32.6 Å². The van der Waals surface area contributed by atoms with Crippen molar-refractivity contribution in [3.63, 3.8) is 0 Å². The van der Waals surface area contributed by atoms with Crippen LogP contribution in [0.4, 0.5) is 11.4 Å². The molecule has 50 heavy (non-hydrogen) atoms. The number of hydrogen-bond acceptors (Lipinski definition) is 3. The molecule has 1 unspecified atom stereocenters. The molecule has 0 bridgehead atoms. The van der Waals surface area contributed by atoms with Gasteiger partial charge in [0.05, 0.1) is 10.6 Å². The molecule has 0 radical (unpaired) electrons. The molecule has 7 aromatic rings. The van der Waals surface area contributed by atoms with Gasteiger partial charge in [-0.25, -0.2) is 4.98 Å². The van der Waals surface area contributed by atoms with Gasteiger partial charge in [-0.05, 0) is 80.9 Å². The summed E-state index contributed by atoms with van der Waals surface area (Å²) >= 11 is 1.81. The van der Waals surface area contributed by atoms with Crippen molar-refractivity contribution in [3.8, 4) is 43.4 Å². The van der Waals surface area contributed by atoms with Gasteiger partial charge in [0.2, 0.25) is 0 Å². The summed E-state index contributed by atoms with van der Waals surface area (Å²) in [4.78, 5) is 9.09. The van der Waals surface area contributed by atoms with E-state index in [1.807, 2.05) is 11.3 Å². The number of allylic oxidation sites excluding steroid dienone is 4. The summed E-state index contributed by atoms with van der Waals surface area (Å²) in [7, 11) is 0. The molecule has 0 N–H and O–H groups in total. The normalized spacial score (nSPS) is 16.4. The van der Waals surface area contributed by atoms with E-state index in [-0.39, 0.29) is 5.41 Å². The van der Waals surface area contributed by atoms with Gasteiger partial charge in [-0.2, -0.15) is 0 Å². The smallest absolute Gasteiger partial charge is 0.124 e. The maximum atomic E-state index is 5.31. The third kappa shape index (κ3) is 4.36. The second-order valence-electron chi connectivity index (χ2n) is 14.4. The minimum absolute atomic E-state index is 0.0804. The lowest BCUT2D eigenvalue weighted by molar-refractivity contribution is 0.658. The molecule has 1 atom stereocenters. The summed E-state index contributed by atoms with van der Waals surface area (Å²) in [5.41, 5.74) is 16.5. The van der Waals surface area contributed by atoms with E-state index in [0.717, 1.165) is 28.4 Å². The average molecular weight is 661 g/mol. The van der Waals surface area contributed by atoms with Crippen molar-refractivity contribution in [3.05, 3.63) is 168 Å². The molecule has 1 heterocycles. The number of hydrogen-bond donors (Lipinski definition) is 0. The fourth-order valence-corrected chi connectivity index (χ4v) is 9.71. The lowest BCUT2D eigenvalue weighted by atomic mass is 9.82. The predicted octanol–water partition coefficient (Wildman–Crippen LogP) is 13.1. The highest BCUT2D eigenvalue weighted by Crippen LogP contribution is 2.53. The monoisotopic (exact) mass is 660 g/mol. The van der Waals surface area contributed by atoms with E-state index in [9.17, 15) is 0 Å². The van der Waals surface area contributed by atoms with E-state index in [1.165, 1.54) is 71.6 Å². The molecule has 3 aliphatic carbocycles. The van der Waals surface area contributed by atoms with Crippen molar-refractivity contribution in [2.75, 3.05) is 4.90 Å². The highest BCUT2D eigenvalue weighted by molar-refractivity contribution is 7.19. The van der Waals surface area contributed by atoms with E-state index >= 15 is 0 Å². The molecule has 3 aliphatic rings. The van der Waals surface area contributed by atoms with Crippen LogP contribution in [0, 0.1) is 5.92 Å². The van der Waals surface area contributed by atoms with Crippen LogP contribution in [0.25, 0.3) is 59.7 Å². The van der Waals surface area contributed by atoms with Gasteiger partial charge < -0.3 is 4.90 Å². The fraction of sp³-hybridized carbons (Fsp3) is 0.128. The van der Waals surface area contributed by atoms with Gasteiger partial charge in [0.1, 0.15) is 5.01 Å². The zero-order chi connectivity index (χ0) is 33.6. The summed E-state index contributed by atoms with van der Waals surface area (Å²) in [6.45, 7) is 7.10. The largest absolute Gasteiger partial charge is 0.314 e. The number of nitrogens with zero attached hydrogens (tertiary/aromatic N) is 2. The Morgan fingerprint density at radius 3 is 2.18 bits per heavy atom. The first-order chi connectivity index (χ1) is 24.5. The molecule has 0 amide bonds. The lowest BCUT2D eigenvalue weighted by Crippen LogP contribution is -2.24. The van der Waals surface area contributed by atoms with Crippen LogP contribution in [0.3, 0.4) is 0 Å². The molecule has 6 aromatic carbocycles. The first kappa shape index (κ1) is 29.4. The van der Waals surface area contributed by atoms with Crippen LogP contribution in [0.5, 0.6) is 0 Å². The Hall–Kier alpha value is -5.51. The van der Waals surface area contributed by atoms with Crippen molar-refractivity contribution in [2.24, 2.45) is 5.92 Å². The topological polar surface area (TPSA) is 16.1 Å². The van der Waals surface area contributed by atoms with Crippen LogP contribution in [0.2, 0.25) is 0 Å². The molecular formula is C47H36N2S. The maximum Gasteiger partial charge on any atom is 0.124 e. The van der Waals surface area contributed by atoms with Crippen LogP contribution in [-0.4, -0.2) is 4.98 Å². The van der Waals surface area contributed by atoms with Crippen molar-refractivity contribution < 1.29 is 0 Å². The maximum absolute atomic E-state index is 5.31. The summed E-state index contributed by atoms with van der Waals surface area (Å²) in [5, 5.41) is 3.67. The molecule has 0 saturated heterocycles. The second kappa shape index (κ2) is 11.0. The number of benzene rings is 6. The quantitative estimate of drug-likeness (QED) is 0.183. The van der Waals surface area contributed by atoms with Gasteiger partial charge in [0, 0.05) is 45.1 Å². The fourth-order valence-electron chi connectivity index (χ4n) is 8.61. The standard InChI is InChI=1S/C47H36N2S/c1-29-26-32(30-12-5-4-6-13-30)22-25-42(29)49(35-23-24-37-36-18-7-8-21-40(36)47(2,3)41(37)28-35)34-17-9-16-33(27-34)46-48-44-38-19-10-14-31-15-11-20-39(43(31)38)45(44)50-46/h4-25,27-29H,26H2,1-3H3. The number of aromatic nitrogens is 1. The van der Waals surface area contributed by atoms with E-state index < -0.39 is 0 Å². The minimum atomic E-state index is -0.0804. The van der Waals surface area contributed by atoms with Gasteiger partial charge in [-0.1, -0.05) is 136 Å². The van der Waals surface area contributed by atoms with Gasteiger partial charge in [0.25, 0.3) is 0 Å². The SMILES string of the molecule is CC1CC(c2ccccc2)=CC=C1N(c1cccc(-c2nc3c(s2)-c2cccc4cccc-3c24)c1)c1ccc2c(c1)C(C)(C)c1ccccc1-2. The van der Waals surface area contributed by atoms with Crippen LogP contribution in [0.15, 0.2) is 151 Å². The van der Waals surface area contributed by atoms with E-state index in [4.69, 9.17) is 4.98 Å². The van der Waals surface area contributed by atoms with E-state index in [2.05, 4.69) is 171 Å². The Morgan fingerprint density at radius 2 is 1.34 bits per heavy atom. The highest BCUT2D eigenvalue weighted by Gasteiger charge is 2.36. The first-order valence-corrected chi connectivity index (χ1v) is 18.4. The third-order valence-corrected chi connectivity index (χ3v) is 12.2. The van der Waals surface area contributed by atoms with Crippen LogP contribution in [0.1, 0.15) is 43.9 Å². The summed E-state index contributed by atoms with van der Waals surface area (Å²) < 4.78 is 0. The average Bonchev–Trinajstić information content (AvgIpc) is 3.79. The third-order valence-electron chi connectivity index (χ3n) is 11.1. The number of rotatable bonds is 5. The number of fused-ring (bicyclic) bond motifs is 6. The van der Waals surface area contributed by atoms with Gasteiger partial charge >= 0.3 is 0 Å². The van der Waals surface area contributed by atoms with Gasteiger partial charge in [0.15, 0.2) is 0 Å². The number of thiazole rings is 1. The molecule has 1 aromatic heterocycles. The predicted molar refractivity (Wildman–Crippen MR) is 212 cm³/mol. The van der Waals surface area contributed by atoms with Gasteiger partial charge in [-0.3, -0.25) is 0 Å². The summed E-state index contributed by atoms with van der Waals surface area (Å²) in [6, 6.07) is 49.1. The molecular weight excluding hydrogens is 625 g/mol. The Kier molecular flexibility index (Phi) is 6.47. The highest BCUT2D eigenvalue weighted by atomic mass is 32.1. The lowest BCUT2D eigenvalue weighted by Gasteiger charge is -2.34. The second-order valence-corrected chi connectivity index (χ2v) is 15.4. The Labute approximate surface area is 297 Å². The molecule has 10 rings (SSSR count). The Balaban J connectivity index is 1.11. The van der Waals surface area contributed by atoms with Crippen molar-refractivity contribution in [1.29, 1.82) is 0 Å². The van der Waals surface area contributed by atoms with E-state index in [0.29, 0.717) is 5.92 Å². The summed E-state index contributed by atoms with van der Waals surface area (Å²) in [6.07, 6.45) is 5.67. The first-order valence-electron chi connectivity index (χ1n) is 17.6. The van der Waals surface area contributed by atoms with Crippen LogP contribution < -0.4 is 4.90 Å². The van der Waals surface area contributed by atoms with Gasteiger partial charge in [-0.15, -0.1) is 11.3 Å². The number of anilines is 2. The molecule has 2 nitrogen and oxygen atoms in total. The van der Waals surface area contributed by atoms with E-state index in [1.54, 1.807) is 0 Å². The zero-order valence-corrected chi connectivity index (χ0v) is 29.3. The van der Waals surface area contributed by atoms with Crippen molar-refractivity contribution >= 4 is 39.1 Å². The molecule has 0 spiro atoms. The Bertz CT molecular complexity index is 2510. The van der Waals surface area contributed by atoms with Crippen molar-refractivity contribution in [1.82, 2.24) is 4.98 Å². The minimum Gasteiger partial charge on any atom is -0.314 e. The summed E-state index contributed by atoms with van der Waals surface area (Å²) in [5.74, 6) is 0.318. The molecule has 0 aliphatic heterocycles. The zero-order valence-electron chi connectivity index (χ0n) is 28.4. The molecule has 0 fully saturated rings. The Morgan fingerprint density at radius 1 is 0.640 bits per heavy atom. The molecule has 3 heteroatoms. The molecule has 240 valence electrons.